The van der Waals surface area contributed by atoms with Crippen LogP contribution in [0.3, 0.4) is 0 Å². The third-order valence-electron chi connectivity index (χ3n) is 4.65. The summed E-state index contributed by atoms with van der Waals surface area (Å²) in [5.41, 5.74) is 3.21. The van der Waals surface area contributed by atoms with Crippen molar-refractivity contribution in [3.05, 3.63) is 95.0 Å². The first-order valence-electron chi connectivity index (χ1n) is 8.96. The number of nitrogens with zero attached hydrogens (tertiary/aromatic N) is 1. The fraction of sp³-hybridized carbons (Fsp3) is 0.182. The Bertz CT molecular complexity index is 1020. The summed E-state index contributed by atoms with van der Waals surface area (Å²) in [5.74, 6) is 0. The van der Waals surface area contributed by atoms with Crippen LogP contribution in [0, 0.1) is 6.92 Å². The molecule has 0 spiro atoms. The van der Waals surface area contributed by atoms with E-state index in [1.807, 2.05) is 62.5 Å². The van der Waals surface area contributed by atoms with Crippen LogP contribution in [0.4, 0.5) is 5.69 Å². The number of hydrogen-bond acceptors (Lipinski definition) is 3. The molecule has 0 aliphatic heterocycles. The maximum absolute atomic E-state index is 12.7. The van der Waals surface area contributed by atoms with E-state index >= 15 is 0 Å². The van der Waals surface area contributed by atoms with Crippen LogP contribution in [0.1, 0.15) is 17.2 Å². The molecular weight excluding hydrogens is 392 g/mol. The highest BCUT2D eigenvalue weighted by molar-refractivity contribution is 7.89. The lowest BCUT2D eigenvalue weighted by molar-refractivity contribution is 0.567. The molecule has 146 valence electrons. The number of halogens is 1. The summed E-state index contributed by atoms with van der Waals surface area (Å²) >= 11 is 5.87. The van der Waals surface area contributed by atoms with E-state index in [0.29, 0.717) is 5.02 Å². The Morgan fingerprint density at radius 2 is 1.64 bits per heavy atom. The smallest absolute Gasteiger partial charge is 0.240 e. The number of aryl methyl sites for hydroxylation is 1. The van der Waals surface area contributed by atoms with Crippen LogP contribution in [0.15, 0.2) is 83.8 Å². The predicted octanol–water partition coefficient (Wildman–Crippen LogP) is 4.80. The number of hydrogen-bond donors (Lipinski definition) is 1. The Balaban J connectivity index is 1.87. The van der Waals surface area contributed by atoms with Crippen LogP contribution in [0.2, 0.25) is 5.02 Å². The highest BCUT2D eigenvalue weighted by Gasteiger charge is 2.22. The molecule has 0 bridgehead atoms. The zero-order valence-corrected chi connectivity index (χ0v) is 17.4. The zero-order valence-electron chi connectivity index (χ0n) is 15.8. The Morgan fingerprint density at radius 3 is 2.29 bits per heavy atom. The second kappa shape index (κ2) is 8.78. The second-order valence-electron chi connectivity index (χ2n) is 6.68. The first-order chi connectivity index (χ1) is 13.4. The van der Waals surface area contributed by atoms with E-state index in [2.05, 4.69) is 15.7 Å². The molecule has 0 unspecified atom stereocenters. The molecule has 0 saturated heterocycles. The van der Waals surface area contributed by atoms with Gasteiger partial charge in [0, 0.05) is 24.3 Å². The van der Waals surface area contributed by atoms with Crippen molar-refractivity contribution in [2.24, 2.45) is 0 Å². The lowest BCUT2D eigenvalue weighted by Crippen LogP contribution is -2.36. The molecule has 1 atom stereocenters. The van der Waals surface area contributed by atoms with Crippen molar-refractivity contribution < 1.29 is 8.42 Å². The molecule has 0 saturated carbocycles. The molecule has 0 fully saturated rings. The summed E-state index contributed by atoms with van der Waals surface area (Å²) in [4.78, 5) is 2.29. The molecule has 4 nitrogen and oxygen atoms in total. The molecule has 0 aliphatic carbocycles. The monoisotopic (exact) mass is 414 g/mol. The van der Waals surface area contributed by atoms with Crippen LogP contribution in [0.25, 0.3) is 0 Å². The second-order valence-corrected chi connectivity index (χ2v) is 8.89. The molecule has 28 heavy (non-hydrogen) atoms. The molecule has 0 aromatic heterocycles. The third kappa shape index (κ3) is 4.93. The third-order valence-corrected chi connectivity index (χ3v) is 6.34. The Kier molecular flexibility index (Phi) is 6.39. The lowest BCUT2D eigenvalue weighted by Gasteiger charge is -2.31. The van der Waals surface area contributed by atoms with E-state index in [1.165, 1.54) is 12.1 Å². The molecule has 3 rings (SSSR count). The molecule has 1 N–H and O–H groups in total. The Labute approximate surface area is 171 Å². The van der Waals surface area contributed by atoms with Gasteiger partial charge in [0.05, 0.1) is 10.9 Å². The van der Waals surface area contributed by atoms with Crippen LogP contribution in [0.5, 0.6) is 0 Å². The summed E-state index contributed by atoms with van der Waals surface area (Å²) in [5, 5.41) is 0.500. The number of benzene rings is 3. The van der Waals surface area contributed by atoms with Crippen LogP contribution in [-0.4, -0.2) is 22.0 Å². The minimum Gasteiger partial charge on any atom is -0.366 e. The van der Waals surface area contributed by atoms with Crippen LogP contribution >= 0.6 is 11.6 Å². The van der Waals surface area contributed by atoms with Crippen molar-refractivity contribution in [2.45, 2.75) is 17.9 Å². The van der Waals surface area contributed by atoms with Crippen molar-refractivity contribution in [3.63, 3.8) is 0 Å². The highest BCUT2D eigenvalue weighted by Crippen LogP contribution is 2.26. The number of nitrogens with one attached hydrogen (secondary N) is 1. The minimum absolute atomic E-state index is 0.162. The van der Waals surface area contributed by atoms with E-state index in [9.17, 15) is 8.42 Å². The molecular formula is C22H23ClN2O2S. The summed E-state index contributed by atoms with van der Waals surface area (Å²) in [6, 6.07) is 24.0. The largest absolute Gasteiger partial charge is 0.366 e. The molecule has 3 aromatic carbocycles. The van der Waals surface area contributed by atoms with Crippen LogP contribution < -0.4 is 9.62 Å². The van der Waals surface area contributed by atoms with Crippen LogP contribution in [-0.2, 0) is 10.0 Å². The van der Waals surface area contributed by atoms with E-state index in [4.69, 9.17) is 11.6 Å². The topological polar surface area (TPSA) is 49.4 Å². The lowest BCUT2D eigenvalue weighted by atomic mass is 10.0. The first-order valence-corrected chi connectivity index (χ1v) is 10.8. The van der Waals surface area contributed by atoms with Gasteiger partial charge in [-0.1, -0.05) is 54.1 Å². The van der Waals surface area contributed by atoms with Crippen molar-refractivity contribution in [1.82, 2.24) is 4.72 Å². The summed E-state index contributed by atoms with van der Waals surface area (Å²) in [7, 11) is -1.66. The molecule has 3 aromatic rings. The van der Waals surface area contributed by atoms with Crippen molar-refractivity contribution in [3.8, 4) is 0 Å². The number of likely N-dealkylation sites (N-methyl/N-ethyl adjacent to an activating group) is 1. The van der Waals surface area contributed by atoms with Gasteiger partial charge < -0.3 is 4.90 Å². The van der Waals surface area contributed by atoms with E-state index in [-0.39, 0.29) is 17.5 Å². The van der Waals surface area contributed by atoms with E-state index in [1.54, 1.807) is 12.1 Å². The van der Waals surface area contributed by atoms with Gasteiger partial charge in [-0.3, -0.25) is 0 Å². The van der Waals surface area contributed by atoms with Crippen molar-refractivity contribution in [2.75, 3.05) is 18.5 Å². The molecule has 0 amide bonds. The summed E-state index contributed by atoms with van der Waals surface area (Å²) < 4.78 is 28.2. The molecule has 0 aliphatic rings. The normalized spacial score (nSPS) is 12.5. The predicted molar refractivity (Wildman–Crippen MR) is 115 cm³/mol. The Hall–Kier alpha value is -2.34. The van der Waals surface area contributed by atoms with Gasteiger partial charge in [-0.15, -0.1) is 0 Å². The fourth-order valence-corrected chi connectivity index (χ4v) is 4.23. The van der Waals surface area contributed by atoms with Gasteiger partial charge in [0.2, 0.25) is 10.0 Å². The summed E-state index contributed by atoms with van der Waals surface area (Å²) in [6.45, 7) is 2.28. The Morgan fingerprint density at radius 1 is 0.964 bits per heavy atom. The van der Waals surface area contributed by atoms with Gasteiger partial charge in [0.15, 0.2) is 0 Å². The zero-order chi connectivity index (χ0) is 20.1. The van der Waals surface area contributed by atoms with Gasteiger partial charge in [-0.25, -0.2) is 13.1 Å². The van der Waals surface area contributed by atoms with Gasteiger partial charge in [-0.05, 0) is 54.4 Å². The maximum Gasteiger partial charge on any atom is 0.240 e. The minimum atomic E-state index is -3.64. The first kappa shape index (κ1) is 20.4. The van der Waals surface area contributed by atoms with Crippen molar-refractivity contribution in [1.29, 1.82) is 0 Å². The van der Waals surface area contributed by atoms with Gasteiger partial charge >= 0.3 is 0 Å². The molecule has 6 heteroatoms. The number of sulfonamides is 1. The number of rotatable bonds is 7. The standard InChI is InChI=1S/C22H23ClN2O2S/c1-17-7-6-10-20(15-17)25(2)22(18-8-4-3-5-9-18)16-24-28(26,27)21-13-11-19(23)12-14-21/h3-15,22,24H,16H2,1-2H3/t22-/m0/s1. The average Bonchev–Trinajstić information content (AvgIpc) is 2.69. The average molecular weight is 415 g/mol. The fourth-order valence-electron chi connectivity index (χ4n) is 3.07. The highest BCUT2D eigenvalue weighted by atomic mass is 35.5. The molecule has 0 radical (unpaired) electrons. The summed E-state index contributed by atoms with van der Waals surface area (Å²) in [6.07, 6.45) is 0. The van der Waals surface area contributed by atoms with Gasteiger partial charge in [0.1, 0.15) is 0 Å². The van der Waals surface area contributed by atoms with Gasteiger partial charge in [-0.2, -0.15) is 0 Å². The van der Waals surface area contributed by atoms with Gasteiger partial charge in [0.25, 0.3) is 0 Å². The molecule has 0 heterocycles. The van der Waals surface area contributed by atoms with E-state index in [0.717, 1.165) is 16.8 Å². The van der Waals surface area contributed by atoms with E-state index < -0.39 is 10.0 Å². The SMILES string of the molecule is Cc1cccc(N(C)[C@@H](CNS(=O)(=O)c2ccc(Cl)cc2)c2ccccc2)c1. The quantitative estimate of drug-likeness (QED) is 0.603. The van der Waals surface area contributed by atoms with Crippen molar-refractivity contribution >= 4 is 27.3 Å². The maximum atomic E-state index is 12.7. The number of anilines is 1.